The molecule has 0 saturated carbocycles. The van der Waals surface area contributed by atoms with Gasteiger partial charge in [0.15, 0.2) is 13.2 Å². The fraction of sp³-hybridized carbons (Fsp3) is 0.243. The summed E-state index contributed by atoms with van der Waals surface area (Å²) in [7, 11) is 0. The number of hydrogen-bond acceptors (Lipinski definition) is 8. The SMILES string of the molecule is O=C1COc2ccccc2C(=O)NCCCNC(=O)c2ccccc2OCC(=O)Nc2ccccc2SCCCCSc2ccccc2N1. The number of carbonyl (C=O) groups is 4. The van der Waals surface area contributed by atoms with Crippen molar-refractivity contribution in [1.82, 2.24) is 10.6 Å². The van der Waals surface area contributed by atoms with E-state index in [9.17, 15) is 19.2 Å². The van der Waals surface area contributed by atoms with Gasteiger partial charge in [-0.3, -0.25) is 19.2 Å². The number of anilines is 2. The Balaban J connectivity index is 1.27. The summed E-state index contributed by atoms with van der Waals surface area (Å²) in [6, 6.07) is 28.8. The maximum Gasteiger partial charge on any atom is 0.262 e. The van der Waals surface area contributed by atoms with E-state index in [0.717, 1.165) is 34.1 Å². The molecule has 0 saturated heterocycles. The van der Waals surface area contributed by atoms with Crippen LogP contribution in [-0.4, -0.2) is 61.4 Å². The van der Waals surface area contributed by atoms with E-state index in [1.807, 2.05) is 48.5 Å². The van der Waals surface area contributed by atoms with E-state index < -0.39 is 0 Å². The molecule has 4 amide bonds. The molecule has 49 heavy (non-hydrogen) atoms. The van der Waals surface area contributed by atoms with Crippen molar-refractivity contribution in [3.8, 4) is 11.5 Å². The minimum Gasteiger partial charge on any atom is -0.483 e. The van der Waals surface area contributed by atoms with Gasteiger partial charge in [0.25, 0.3) is 23.6 Å². The largest absolute Gasteiger partial charge is 0.483 e. The van der Waals surface area contributed by atoms with Crippen LogP contribution in [0.5, 0.6) is 11.5 Å². The molecular formula is C37H38N4O6S2. The van der Waals surface area contributed by atoms with Crippen molar-refractivity contribution in [3.05, 3.63) is 108 Å². The lowest BCUT2D eigenvalue weighted by atomic mass is 10.2. The predicted molar refractivity (Wildman–Crippen MR) is 194 cm³/mol. The number of hydrogen-bond donors (Lipinski definition) is 4. The Labute approximate surface area is 294 Å². The van der Waals surface area contributed by atoms with E-state index in [2.05, 4.69) is 21.3 Å². The summed E-state index contributed by atoms with van der Waals surface area (Å²) in [5.74, 6) is 0.927. The summed E-state index contributed by atoms with van der Waals surface area (Å²) in [4.78, 5) is 53.6. The van der Waals surface area contributed by atoms with Crippen molar-refractivity contribution >= 4 is 58.5 Å². The lowest BCUT2D eigenvalue weighted by molar-refractivity contribution is -0.118. The molecule has 0 spiro atoms. The molecule has 4 aromatic rings. The Morgan fingerprint density at radius 2 is 0.898 bits per heavy atom. The third-order valence-electron chi connectivity index (χ3n) is 7.28. The van der Waals surface area contributed by atoms with Gasteiger partial charge < -0.3 is 30.7 Å². The number of rotatable bonds is 0. The van der Waals surface area contributed by atoms with E-state index in [4.69, 9.17) is 9.47 Å². The summed E-state index contributed by atoms with van der Waals surface area (Å²) in [5, 5.41) is 11.6. The third kappa shape index (κ3) is 10.8. The molecule has 0 atom stereocenters. The fourth-order valence-corrected chi connectivity index (χ4v) is 6.90. The molecule has 12 heteroatoms. The number of thioether (sulfide) groups is 2. The van der Waals surface area contributed by atoms with Gasteiger partial charge in [0.2, 0.25) is 0 Å². The number of benzene rings is 4. The molecule has 0 radical (unpaired) electrons. The van der Waals surface area contributed by atoms with Crippen LogP contribution < -0.4 is 30.7 Å². The molecule has 0 aromatic heterocycles. The first-order chi connectivity index (χ1) is 24.0. The number of amides is 4. The monoisotopic (exact) mass is 698 g/mol. The van der Waals surface area contributed by atoms with Gasteiger partial charge in [0, 0.05) is 22.9 Å². The average Bonchev–Trinajstić information content (AvgIpc) is 3.12. The Kier molecular flexibility index (Phi) is 13.4. The zero-order chi connectivity index (χ0) is 34.3. The maximum atomic E-state index is 13.0. The van der Waals surface area contributed by atoms with Crippen LogP contribution in [-0.2, 0) is 9.59 Å². The Morgan fingerprint density at radius 3 is 1.37 bits per heavy atom. The van der Waals surface area contributed by atoms with Gasteiger partial charge in [0.1, 0.15) is 11.5 Å². The smallest absolute Gasteiger partial charge is 0.262 e. The fourth-order valence-electron chi connectivity index (χ4n) is 4.86. The van der Waals surface area contributed by atoms with Gasteiger partial charge >= 0.3 is 0 Å². The van der Waals surface area contributed by atoms with Crippen LogP contribution in [0, 0.1) is 0 Å². The molecular weight excluding hydrogens is 661 g/mol. The molecule has 1 aliphatic heterocycles. The minimum atomic E-state index is -0.355. The number of nitrogens with one attached hydrogen (secondary N) is 4. The Bertz CT molecular complexity index is 1640. The Morgan fingerprint density at radius 1 is 0.490 bits per heavy atom. The highest BCUT2D eigenvalue weighted by Crippen LogP contribution is 2.30. The highest BCUT2D eigenvalue weighted by molar-refractivity contribution is 7.99. The summed E-state index contributed by atoms with van der Waals surface area (Å²) < 4.78 is 11.6. The van der Waals surface area contributed by atoms with Crippen LogP contribution in [0.2, 0.25) is 0 Å². The second kappa shape index (κ2) is 18.6. The first-order valence-corrected chi connectivity index (χ1v) is 18.0. The van der Waals surface area contributed by atoms with Crippen molar-refractivity contribution in [2.24, 2.45) is 0 Å². The zero-order valence-corrected chi connectivity index (χ0v) is 28.5. The minimum absolute atomic E-state index is 0.264. The topological polar surface area (TPSA) is 135 Å². The molecule has 0 unspecified atom stereocenters. The first kappa shape index (κ1) is 35.4. The van der Waals surface area contributed by atoms with Crippen molar-refractivity contribution in [1.29, 1.82) is 0 Å². The van der Waals surface area contributed by atoms with Gasteiger partial charge in [0.05, 0.1) is 22.5 Å². The van der Waals surface area contributed by atoms with E-state index in [0.29, 0.717) is 53.5 Å². The van der Waals surface area contributed by atoms with E-state index in [-0.39, 0.29) is 36.8 Å². The molecule has 10 nitrogen and oxygen atoms in total. The van der Waals surface area contributed by atoms with Crippen molar-refractivity contribution < 1.29 is 28.7 Å². The van der Waals surface area contributed by atoms with E-state index >= 15 is 0 Å². The molecule has 0 bridgehead atoms. The van der Waals surface area contributed by atoms with Crippen molar-refractivity contribution in [3.63, 3.8) is 0 Å². The van der Waals surface area contributed by atoms with Gasteiger partial charge in [-0.1, -0.05) is 48.5 Å². The van der Waals surface area contributed by atoms with Crippen LogP contribution in [0.4, 0.5) is 11.4 Å². The van der Waals surface area contributed by atoms with Gasteiger partial charge in [-0.25, -0.2) is 0 Å². The number of ether oxygens (including phenoxy) is 2. The summed E-state index contributed by atoms with van der Waals surface area (Å²) >= 11 is 3.34. The zero-order valence-electron chi connectivity index (χ0n) is 26.9. The van der Waals surface area contributed by atoms with Crippen LogP contribution in [0.25, 0.3) is 0 Å². The molecule has 1 heterocycles. The Hall–Kier alpha value is -4.94. The second-order valence-electron chi connectivity index (χ2n) is 10.9. The van der Waals surface area contributed by atoms with E-state index in [1.54, 1.807) is 72.1 Å². The molecule has 254 valence electrons. The molecule has 0 fully saturated rings. The normalized spacial score (nSPS) is 16.0. The quantitative estimate of drug-likeness (QED) is 0.169. The van der Waals surface area contributed by atoms with Crippen LogP contribution in [0.1, 0.15) is 40.0 Å². The molecule has 4 aromatic carbocycles. The third-order valence-corrected chi connectivity index (χ3v) is 9.60. The number of para-hydroxylation sites is 4. The second-order valence-corrected chi connectivity index (χ2v) is 13.2. The van der Waals surface area contributed by atoms with Crippen LogP contribution >= 0.6 is 23.5 Å². The molecule has 4 N–H and O–H groups in total. The highest BCUT2D eigenvalue weighted by atomic mass is 32.2. The standard InChI is InChI=1S/C37H38N4O6S2/c42-34-24-46-30-16-5-1-12-26(30)36(44)38-20-11-21-39-37(45)27-13-2-6-17-31(27)47-25-35(43)41-29-15-4-8-19-33(29)49-23-10-9-22-48-32-18-7-3-14-28(32)40-34/h1-8,12-19H,9-11,20-25H2,(H,38,44)(H,39,45)(H,40,42)(H,41,43). The van der Waals surface area contributed by atoms with Gasteiger partial charge in [-0.05, 0) is 79.3 Å². The molecule has 1 aliphatic rings. The lowest BCUT2D eigenvalue weighted by Crippen LogP contribution is -2.30. The first-order valence-electron chi connectivity index (χ1n) is 16.0. The summed E-state index contributed by atoms with van der Waals surface area (Å²) in [5.41, 5.74) is 2.01. The maximum absolute atomic E-state index is 13.0. The van der Waals surface area contributed by atoms with Crippen molar-refractivity contribution in [2.75, 3.05) is 48.4 Å². The molecule has 5 rings (SSSR count). The summed E-state index contributed by atoms with van der Waals surface area (Å²) in [6.07, 6.45) is 2.37. The van der Waals surface area contributed by atoms with Crippen molar-refractivity contribution in [2.45, 2.75) is 29.1 Å². The van der Waals surface area contributed by atoms with Gasteiger partial charge in [-0.15, -0.1) is 23.5 Å². The van der Waals surface area contributed by atoms with Gasteiger partial charge in [-0.2, -0.15) is 0 Å². The molecule has 0 aliphatic carbocycles. The predicted octanol–water partition coefficient (Wildman–Crippen LogP) is 6.25. The number of fused-ring (bicyclic) bond motifs is 4. The summed E-state index contributed by atoms with van der Waals surface area (Å²) in [6.45, 7) is 0.0558. The number of carbonyl (C=O) groups excluding carboxylic acids is 4. The lowest BCUT2D eigenvalue weighted by Gasteiger charge is -2.14. The van der Waals surface area contributed by atoms with Crippen LogP contribution in [0.15, 0.2) is 107 Å². The average molecular weight is 699 g/mol. The highest BCUT2D eigenvalue weighted by Gasteiger charge is 2.16. The van der Waals surface area contributed by atoms with Crippen LogP contribution in [0.3, 0.4) is 0 Å². The van der Waals surface area contributed by atoms with E-state index in [1.165, 1.54) is 0 Å².